The van der Waals surface area contributed by atoms with Crippen LogP contribution < -0.4 is 5.32 Å². The van der Waals surface area contributed by atoms with Crippen LogP contribution in [0.2, 0.25) is 0 Å². The van der Waals surface area contributed by atoms with E-state index < -0.39 is 6.03 Å². The summed E-state index contributed by atoms with van der Waals surface area (Å²) in [6.45, 7) is 0.0926. The predicted octanol–water partition coefficient (Wildman–Crippen LogP) is 4.97. The topological polar surface area (TPSA) is 97.2 Å². The lowest BCUT2D eigenvalue weighted by atomic mass is 9.89. The third-order valence-electron chi connectivity index (χ3n) is 7.37. The molecular weight excluding hydrogens is 502 g/mol. The third kappa shape index (κ3) is 3.97. The molecule has 1 N–H and O–H groups in total. The Morgan fingerprint density at radius 3 is 2.27 bits per heavy atom. The molecule has 0 unspecified atom stereocenters. The van der Waals surface area contributed by atoms with Gasteiger partial charge in [-0.2, -0.15) is 9.78 Å². The van der Waals surface area contributed by atoms with Gasteiger partial charge in [-0.1, -0.05) is 72.8 Å². The van der Waals surface area contributed by atoms with Crippen molar-refractivity contribution < 1.29 is 14.4 Å². The van der Waals surface area contributed by atoms with E-state index in [1.165, 1.54) is 9.58 Å². The van der Waals surface area contributed by atoms with E-state index in [9.17, 15) is 14.4 Å². The van der Waals surface area contributed by atoms with Gasteiger partial charge in [0, 0.05) is 35.7 Å². The van der Waals surface area contributed by atoms with Crippen LogP contribution in [0.15, 0.2) is 103 Å². The maximum absolute atomic E-state index is 14.4. The minimum atomic E-state index is -0.459. The number of fused-ring (bicyclic) bond motifs is 2. The molecule has 1 fully saturated rings. The summed E-state index contributed by atoms with van der Waals surface area (Å²) in [5.41, 5.74) is 6.96. The highest BCUT2D eigenvalue weighted by molar-refractivity contribution is 6.23. The summed E-state index contributed by atoms with van der Waals surface area (Å²) in [7, 11) is 0. The number of imide groups is 1. The van der Waals surface area contributed by atoms with Gasteiger partial charge in [0.2, 0.25) is 5.91 Å². The smallest absolute Gasteiger partial charge is 0.311 e. The maximum atomic E-state index is 14.4. The summed E-state index contributed by atoms with van der Waals surface area (Å²) in [4.78, 5) is 44.7. The van der Waals surface area contributed by atoms with Crippen molar-refractivity contribution in [2.24, 2.45) is 0 Å². The molecule has 4 heterocycles. The van der Waals surface area contributed by atoms with Gasteiger partial charge >= 0.3 is 6.03 Å². The van der Waals surface area contributed by atoms with E-state index in [2.05, 4.69) is 10.3 Å². The fraction of sp³-hybridized carbons (Fsp3) is 0.0938. The van der Waals surface area contributed by atoms with Crippen molar-refractivity contribution in [3.05, 3.63) is 114 Å². The number of rotatable bonds is 5. The molecule has 0 radical (unpaired) electrons. The molecule has 5 aromatic rings. The zero-order chi connectivity index (χ0) is 27.2. The average molecular weight is 526 g/mol. The fourth-order valence-corrected chi connectivity index (χ4v) is 5.57. The number of aromatic nitrogens is 3. The Bertz CT molecular complexity index is 1860. The van der Waals surface area contributed by atoms with Crippen LogP contribution in [0.25, 0.3) is 38.9 Å². The number of carbonyl (C=O) groups excluding carboxylic acids is 3. The molecule has 2 aliphatic heterocycles. The molecule has 1 saturated heterocycles. The normalized spacial score (nSPS) is 15.1. The zero-order valence-electron chi connectivity index (χ0n) is 21.4. The summed E-state index contributed by atoms with van der Waals surface area (Å²) >= 11 is 0. The van der Waals surface area contributed by atoms with Crippen LogP contribution in [0.1, 0.15) is 16.1 Å². The molecule has 40 heavy (non-hydrogen) atoms. The monoisotopic (exact) mass is 525 g/mol. The van der Waals surface area contributed by atoms with Crippen LogP contribution >= 0.6 is 0 Å². The highest BCUT2D eigenvalue weighted by Crippen LogP contribution is 2.40. The van der Waals surface area contributed by atoms with Crippen molar-refractivity contribution in [1.29, 1.82) is 0 Å². The second kappa shape index (κ2) is 9.43. The summed E-state index contributed by atoms with van der Waals surface area (Å²) < 4.78 is 1.51. The highest BCUT2D eigenvalue weighted by Gasteiger charge is 2.35. The number of hydrogen-bond acceptors (Lipinski definition) is 5. The summed E-state index contributed by atoms with van der Waals surface area (Å²) in [5.74, 6) is -0.628. The molecule has 8 nitrogen and oxygen atoms in total. The van der Waals surface area contributed by atoms with Crippen LogP contribution in [0.3, 0.4) is 0 Å². The van der Waals surface area contributed by atoms with Gasteiger partial charge in [0.1, 0.15) is 12.2 Å². The van der Waals surface area contributed by atoms with Crippen molar-refractivity contribution in [2.45, 2.75) is 6.42 Å². The molecule has 0 saturated carbocycles. The van der Waals surface area contributed by atoms with Gasteiger partial charge in [-0.15, -0.1) is 0 Å². The fourth-order valence-electron chi connectivity index (χ4n) is 5.57. The minimum Gasteiger partial charge on any atom is -0.311 e. The van der Waals surface area contributed by atoms with Crippen molar-refractivity contribution in [3.63, 3.8) is 0 Å². The van der Waals surface area contributed by atoms with E-state index in [1.807, 2.05) is 91.0 Å². The van der Waals surface area contributed by atoms with Crippen molar-refractivity contribution in [1.82, 2.24) is 25.0 Å². The molecule has 0 bridgehead atoms. The number of urea groups is 1. The van der Waals surface area contributed by atoms with E-state index >= 15 is 0 Å². The largest absolute Gasteiger partial charge is 0.324 e. The SMILES string of the molecule is O=C1CN(CC2=C(c3ccc4ncccc4c3)C(=O)n3nc(-c4ccccc4)c(-c4ccccc4)c3C2)C(=O)N1. The maximum Gasteiger partial charge on any atom is 0.324 e. The number of hydrogen-bond donors (Lipinski definition) is 1. The molecule has 2 aromatic heterocycles. The molecule has 7 rings (SSSR count). The Kier molecular flexibility index (Phi) is 5.59. The van der Waals surface area contributed by atoms with Gasteiger partial charge in [0.25, 0.3) is 5.91 Å². The average Bonchev–Trinajstić information content (AvgIpc) is 3.52. The number of pyridine rings is 1. The molecular formula is C32H23N5O3. The van der Waals surface area contributed by atoms with E-state index in [0.29, 0.717) is 17.7 Å². The van der Waals surface area contributed by atoms with Crippen LogP contribution in [0.4, 0.5) is 4.79 Å². The number of allylic oxidation sites excluding steroid dienone is 1. The molecule has 3 aromatic carbocycles. The zero-order valence-corrected chi connectivity index (χ0v) is 21.4. The lowest BCUT2D eigenvalue weighted by Gasteiger charge is -2.25. The summed E-state index contributed by atoms with van der Waals surface area (Å²) in [6, 6.07) is 28.8. The first kappa shape index (κ1) is 23.7. The van der Waals surface area contributed by atoms with E-state index in [1.54, 1.807) is 6.20 Å². The summed E-state index contributed by atoms with van der Waals surface area (Å²) in [5, 5.41) is 8.12. The van der Waals surface area contributed by atoms with Gasteiger partial charge in [-0.25, -0.2) is 4.79 Å². The van der Waals surface area contributed by atoms with Gasteiger partial charge in [-0.3, -0.25) is 19.9 Å². The first-order valence-electron chi connectivity index (χ1n) is 13.0. The van der Waals surface area contributed by atoms with E-state index in [4.69, 9.17) is 5.10 Å². The number of nitrogens with zero attached hydrogens (tertiary/aromatic N) is 4. The van der Waals surface area contributed by atoms with Crippen LogP contribution in [-0.4, -0.2) is 50.6 Å². The summed E-state index contributed by atoms with van der Waals surface area (Å²) in [6.07, 6.45) is 2.11. The lowest BCUT2D eigenvalue weighted by Crippen LogP contribution is -2.33. The van der Waals surface area contributed by atoms with Gasteiger partial charge < -0.3 is 4.90 Å². The van der Waals surface area contributed by atoms with Crippen LogP contribution in [0, 0.1) is 0 Å². The van der Waals surface area contributed by atoms with E-state index in [-0.39, 0.29) is 24.9 Å². The predicted molar refractivity (Wildman–Crippen MR) is 151 cm³/mol. The van der Waals surface area contributed by atoms with Gasteiger partial charge in [-0.05, 0) is 34.9 Å². The molecule has 2 aliphatic rings. The Labute approximate surface area is 229 Å². The first-order valence-corrected chi connectivity index (χ1v) is 13.0. The molecule has 194 valence electrons. The van der Waals surface area contributed by atoms with E-state index in [0.717, 1.165) is 44.4 Å². The molecule has 0 spiro atoms. The van der Waals surface area contributed by atoms with Gasteiger partial charge in [0.05, 0.1) is 16.8 Å². The molecule has 3 amide bonds. The van der Waals surface area contributed by atoms with Crippen molar-refractivity contribution >= 4 is 34.3 Å². The second-order valence-corrected chi connectivity index (χ2v) is 9.89. The molecule has 0 atom stereocenters. The standard InChI is InChI=1S/C32H23N5O3/c38-27-19-36(32(40)34-27)18-24-17-26-29(20-8-3-1-4-9-20)30(21-10-5-2-6-11-21)35-37(26)31(39)28(24)23-13-14-25-22(16-23)12-7-15-33-25/h1-16H,17-19H2,(H,34,38,40). The molecule has 8 heteroatoms. The minimum absolute atomic E-state index is 0.0501. The van der Waals surface area contributed by atoms with Crippen molar-refractivity contribution in [3.8, 4) is 22.4 Å². The highest BCUT2D eigenvalue weighted by atomic mass is 16.2. The number of benzene rings is 3. The van der Waals surface area contributed by atoms with Crippen LogP contribution in [0.5, 0.6) is 0 Å². The van der Waals surface area contributed by atoms with Crippen LogP contribution in [-0.2, 0) is 11.2 Å². The Hall–Kier alpha value is -5.37. The Morgan fingerprint density at radius 2 is 1.55 bits per heavy atom. The first-order chi connectivity index (χ1) is 19.6. The third-order valence-corrected chi connectivity index (χ3v) is 7.37. The number of nitrogens with one attached hydrogen (secondary N) is 1. The van der Waals surface area contributed by atoms with Gasteiger partial charge in [0.15, 0.2) is 0 Å². The number of amides is 3. The molecule has 0 aliphatic carbocycles. The lowest BCUT2D eigenvalue weighted by molar-refractivity contribution is -0.118. The Morgan fingerprint density at radius 1 is 0.800 bits per heavy atom. The second-order valence-electron chi connectivity index (χ2n) is 9.89. The number of carbonyl (C=O) groups is 3. The quantitative estimate of drug-likeness (QED) is 0.327. The Balaban J connectivity index is 1.43. The van der Waals surface area contributed by atoms with Crippen molar-refractivity contribution in [2.75, 3.05) is 13.1 Å².